The summed E-state index contributed by atoms with van der Waals surface area (Å²) >= 11 is 0. The van der Waals surface area contributed by atoms with Gasteiger partial charge in [0.05, 0.1) is 11.5 Å². The molecule has 2 aromatic rings. The van der Waals surface area contributed by atoms with Crippen LogP contribution < -0.4 is 5.32 Å². The fourth-order valence-electron chi connectivity index (χ4n) is 3.23. The van der Waals surface area contributed by atoms with Gasteiger partial charge in [-0.25, -0.2) is 8.42 Å². The molecule has 0 aliphatic carbocycles. The van der Waals surface area contributed by atoms with E-state index in [0.717, 1.165) is 12.8 Å². The van der Waals surface area contributed by atoms with Crippen LogP contribution in [0.5, 0.6) is 0 Å². The van der Waals surface area contributed by atoms with Crippen LogP contribution in [0.15, 0.2) is 42.5 Å². The van der Waals surface area contributed by atoms with Gasteiger partial charge in [0.2, 0.25) is 0 Å². The highest BCUT2D eigenvalue weighted by molar-refractivity contribution is 7.91. The molecule has 0 amide bonds. The van der Waals surface area contributed by atoms with Crippen molar-refractivity contribution in [3.05, 3.63) is 48.0 Å². The SMILES string of the molecule is CC(NC1CCCS(=O)(=O)C1)c1cccc2ccccc12. The number of hydrogen-bond acceptors (Lipinski definition) is 3. The molecule has 3 nitrogen and oxygen atoms in total. The van der Waals surface area contributed by atoms with E-state index < -0.39 is 9.84 Å². The van der Waals surface area contributed by atoms with Gasteiger partial charge in [-0.15, -0.1) is 0 Å². The molecule has 0 bridgehead atoms. The molecule has 0 aromatic heterocycles. The number of sulfone groups is 1. The van der Waals surface area contributed by atoms with Gasteiger partial charge >= 0.3 is 0 Å². The molecule has 1 heterocycles. The van der Waals surface area contributed by atoms with Crippen molar-refractivity contribution in [1.82, 2.24) is 5.32 Å². The van der Waals surface area contributed by atoms with Crippen molar-refractivity contribution in [2.45, 2.75) is 31.8 Å². The number of rotatable bonds is 3. The van der Waals surface area contributed by atoms with E-state index in [1.165, 1.54) is 16.3 Å². The van der Waals surface area contributed by atoms with E-state index in [-0.39, 0.29) is 17.8 Å². The van der Waals surface area contributed by atoms with Crippen molar-refractivity contribution in [3.8, 4) is 0 Å². The Labute approximate surface area is 126 Å². The highest BCUT2D eigenvalue weighted by Gasteiger charge is 2.26. The molecule has 1 saturated heterocycles. The largest absolute Gasteiger partial charge is 0.306 e. The molecule has 1 aliphatic rings. The lowest BCUT2D eigenvalue weighted by molar-refractivity contribution is 0.439. The second-order valence-corrected chi connectivity index (χ2v) is 8.14. The topological polar surface area (TPSA) is 46.2 Å². The fourth-order valence-corrected chi connectivity index (χ4v) is 4.87. The molecule has 0 saturated carbocycles. The zero-order valence-corrected chi connectivity index (χ0v) is 13.1. The maximum Gasteiger partial charge on any atom is 0.151 e. The minimum atomic E-state index is -2.86. The molecular weight excluding hydrogens is 282 g/mol. The maximum absolute atomic E-state index is 11.8. The molecule has 21 heavy (non-hydrogen) atoms. The Hall–Kier alpha value is -1.39. The summed E-state index contributed by atoms with van der Waals surface area (Å²) in [5.41, 5.74) is 1.23. The molecule has 2 aromatic carbocycles. The van der Waals surface area contributed by atoms with Gasteiger partial charge in [-0.05, 0) is 36.1 Å². The third-order valence-electron chi connectivity index (χ3n) is 4.24. The highest BCUT2D eigenvalue weighted by atomic mass is 32.2. The molecule has 112 valence electrons. The first kappa shape index (κ1) is 14.5. The smallest absolute Gasteiger partial charge is 0.151 e. The summed E-state index contributed by atoms with van der Waals surface area (Å²) in [6.45, 7) is 2.11. The molecule has 1 aliphatic heterocycles. The Bertz CT molecular complexity index is 734. The molecule has 0 spiro atoms. The van der Waals surface area contributed by atoms with Gasteiger partial charge in [0.15, 0.2) is 9.84 Å². The van der Waals surface area contributed by atoms with Crippen LogP contribution in [0, 0.1) is 0 Å². The summed E-state index contributed by atoms with van der Waals surface area (Å²) in [6.07, 6.45) is 1.70. The van der Waals surface area contributed by atoms with Gasteiger partial charge in [-0.1, -0.05) is 42.5 Å². The first-order chi connectivity index (χ1) is 10.1. The maximum atomic E-state index is 11.8. The molecular formula is C17H21NO2S. The quantitative estimate of drug-likeness (QED) is 0.948. The van der Waals surface area contributed by atoms with Crippen molar-refractivity contribution in [1.29, 1.82) is 0 Å². The van der Waals surface area contributed by atoms with Gasteiger partial charge in [-0.2, -0.15) is 0 Å². The second kappa shape index (κ2) is 5.78. The van der Waals surface area contributed by atoms with Crippen LogP contribution in [0.4, 0.5) is 0 Å². The molecule has 2 atom stereocenters. The first-order valence-electron chi connectivity index (χ1n) is 7.49. The average molecular weight is 303 g/mol. The zero-order chi connectivity index (χ0) is 14.9. The third kappa shape index (κ3) is 3.27. The summed E-state index contributed by atoms with van der Waals surface area (Å²) in [6, 6.07) is 14.8. The van der Waals surface area contributed by atoms with Gasteiger partial charge in [0.1, 0.15) is 0 Å². The van der Waals surface area contributed by atoms with Crippen molar-refractivity contribution in [3.63, 3.8) is 0 Å². The van der Waals surface area contributed by atoms with Gasteiger partial charge in [0, 0.05) is 12.1 Å². The Balaban J connectivity index is 1.82. The van der Waals surface area contributed by atoms with E-state index in [2.05, 4.69) is 42.6 Å². The van der Waals surface area contributed by atoms with Crippen LogP contribution in [-0.2, 0) is 9.84 Å². The standard InChI is InChI=1S/C17H21NO2S/c1-13(18-15-8-5-11-21(19,20)12-15)16-10-4-7-14-6-2-3-9-17(14)16/h2-4,6-7,9-10,13,15,18H,5,8,11-12H2,1H3. The van der Waals surface area contributed by atoms with Crippen molar-refractivity contribution in [2.75, 3.05) is 11.5 Å². The van der Waals surface area contributed by atoms with Crippen LogP contribution in [0.3, 0.4) is 0 Å². The predicted molar refractivity (Wildman–Crippen MR) is 87.2 cm³/mol. The molecule has 2 unspecified atom stereocenters. The average Bonchev–Trinajstić information content (AvgIpc) is 2.45. The van der Waals surface area contributed by atoms with E-state index in [1.807, 2.05) is 12.1 Å². The molecule has 4 heteroatoms. The summed E-state index contributed by atoms with van der Waals surface area (Å²) < 4.78 is 23.5. The normalized spacial score (nSPS) is 23.0. The van der Waals surface area contributed by atoms with E-state index in [1.54, 1.807) is 0 Å². The van der Waals surface area contributed by atoms with Crippen molar-refractivity contribution < 1.29 is 8.42 Å². The van der Waals surface area contributed by atoms with Gasteiger partial charge in [-0.3, -0.25) is 0 Å². The molecule has 0 radical (unpaired) electrons. The lowest BCUT2D eigenvalue weighted by Gasteiger charge is -2.27. The Morgan fingerprint density at radius 2 is 1.90 bits per heavy atom. The lowest BCUT2D eigenvalue weighted by Crippen LogP contribution is -2.41. The fraction of sp³-hybridized carbons (Fsp3) is 0.412. The summed E-state index contributed by atoms with van der Waals surface area (Å²) in [7, 11) is -2.86. The molecule has 1 fully saturated rings. The number of hydrogen-bond donors (Lipinski definition) is 1. The van der Waals surface area contributed by atoms with Gasteiger partial charge < -0.3 is 5.32 Å². The number of nitrogens with one attached hydrogen (secondary N) is 1. The van der Waals surface area contributed by atoms with Crippen LogP contribution in [0.2, 0.25) is 0 Å². The highest BCUT2D eigenvalue weighted by Crippen LogP contribution is 2.25. The molecule has 1 N–H and O–H groups in total. The van der Waals surface area contributed by atoms with Crippen LogP contribution >= 0.6 is 0 Å². The number of fused-ring (bicyclic) bond motifs is 1. The van der Waals surface area contributed by atoms with Gasteiger partial charge in [0.25, 0.3) is 0 Å². The summed E-state index contributed by atoms with van der Waals surface area (Å²) in [5, 5.41) is 5.96. The van der Waals surface area contributed by atoms with Crippen LogP contribution in [0.1, 0.15) is 31.4 Å². The minimum Gasteiger partial charge on any atom is -0.306 e. The second-order valence-electron chi connectivity index (χ2n) is 5.91. The minimum absolute atomic E-state index is 0.0673. The van der Waals surface area contributed by atoms with Crippen LogP contribution in [0.25, 0.3) is 10.8 Å². The Morgan fingerprint density at radius 3 is 2.71 bits per heavy atom. The van der Waals surface area contributed by atoms with Crippen molar-refractivity contribution in [2.24, 2.45) is 0 Å². The van der Waals surface area contributed by atoms with E-state index >= 15 is 0 Å². The first-order valence-corrected chi connectivity index (χ1v) is 9.31. The third-order valence-corrected chi connectivity index (χ3v) is 6.06. The Kier molecular flexibility index (Phi) is 4.00. The number of benzene rings is 2. The summed E-state index contributed by atoms with van der Waals surface area (Å²) in [4.78, 5) is 0. The Morgan fingerprint density at radius 1 is 1.14 bits per heavy atom. The zero-order valence-electron chi connectivity index (χ0n) is 12.2. The van der Waals surface area contributed by atoms with E-state index in [4.69, 9.17) is 0 Å². The van der Waals surface area contributed by atoms with E-state index in [0.29, 0.717) is 5.75 Å². The van der Waals surface area contributed by atoms with Crippen LogP contribution in [-0.4, -0.2) is 26.0 Å². The predicted octanol–water partition coefficient (Wildman–Crippen LogP) is 3.07. The lowest BCUT2D eigenvalue weighted by atomic mass is 9.99. The monoisotopic (exact) mass is 303 g/mol. The van der Waals surface area contributed by atoms with Crippen molar-refractivity contribution >= 4 is 20.6 Å². The summed E-state index contributed by atoms with van der Waals surface area (Å²) in [5.74, 6) is 0.607. The molecule has 3 rings (SSSR count). The van der Waals surface area contributed by atoms with E-state index in [9.17, 15) is 8.42 Å².